The summed E-state index contributed by atoms with van der Waals surface area (Å²) in [5.41, 5.74) is 2.00. The van der Waals surface area contributed by atoms with Crippen LogP contribution in [-0.4, -0.2) is 43.5 Å². The van der Waals surface area contributed by atoms with E-state index in [9.17, 15) is 0 Å². The molecule has 0 N–H and O–H groups in total. The van der Waals surface area contributed by atoms with E-state index in [-0.39, 0.29) is 0 Å². The van der Waals surface area contributed by atoms with Crippen molar-refractivity contribution in [1.82, 2.24) is 9.80 Å². The number of nitrogens with zero attached hydrogens (tertiary/aromatic N) is 3. The summed E-state index contributed by atoms with van der Waals surface area (Å²) in [7, 11) is 4.19. The first-order chi connectivity index (χ1) is 8.15. The quantitative estimate of drug-likeness (QED) is 0.749. The second-order valence-electron chi connectivity index (χ2n) is 4.48. The molecule has 0 heterocycles. The minimum absolute atomic E-state index is 0.727. The normalized spacial score (nSPS) is 10.8. The summed E-state index contributed by atoms with van der Waals surface area (Å²) in [6, 6.07) is 9.99. The van der Waals surface area contributed by atoms with E-state index in [1.807, 2.05) is 24.3 Å². The van der Waals surface area contributed by atoms with Gasteiger partial charge in [0.15, 0.2) is 0 Å². The molecule has 0 saturated heterocycles. The van der Waals surface area contributed by atoms with Crippen LogP contribution in [0.15, 0.2) is 24.3 Å². The van der Waals surface area contributed by atoms with E-state index in [2.05, 4.69) is 36.9 Å². The van der Waals surface area contributed by atoms with Gasteiger partial charge in [-0.15, -0.1) is 0 Å². The predicted molar refractivity (Wildman–Crippen MR) is 70.7 cm³/mol. The van der Waals surface area contributed by atoms with Crippen molar-refractivity contribution in [3.63, 3.8) is 0 Å². The van der Waals surface area contributed by atoms with Gasteiger partial charge in [0.05, 0.1) is 11.6 Å². The van der Waals surface area contributed by atoms with Crippen LogP contribution < -0.4 is 0 Å². The van der Waals surface area contributed by atoms with Gasteiger partial charge in [-0.2, -0.15) is 5.26 Å². The molecular formula is C14H21N3. The number of likely N-dealkylation sites (N-methyl/N-ethyl adjacent to an activating group) is 2. The molecule has 0 aliphatic carbocycles. The standard InChI is InChI=1S/C14H21N3/c1-4-17(10-9-16(2)3)12-14-7-5-13(11-15)6-8-14/h5-8H,4,9-10,12H2,1-3H3. The van der Waals surface area contributed by atoms with E-state index in [0.29, 0.717) is 0 Å². The fraction of sp³-hybridized carbons (Fsp3) is 0.500. The molecule has 0 bridgehead atoms. The first-order valence-corrected chi connectivity index (χ1v) is 6.01. The number of benzene rings is 1. The highest BCUT2D eigenvalue weighted by Gasteiger charge is 2.04. The molecule has 92 valence electrons. The van der Waals surface area contributed by atoms with E-state index in [1.54, 1.807) is 0 Å². The second-order valence-corrected chi connectivity index (χ2v) is 4.48. The molecule has 0 aliphatic rings. The molecule has 0 amide bonds. The summed E-state index contributed by atoms with van der Waals surface area (Å²) in [5, 5.41) is 8.74. The third-order valence-electron chi connectivity index (χ3n) is 2.80. The second kappa shape index (κ2) is 7.05. The van der Waals surface area contributed by atoms with Gasteiger partial charge < -0.3 is 4.90 Å². The zero-order valence-corrected chi connectivity index (χ0v) is 11.0. The van der Waals surface area contributed by atoms with Crippen molar-refractivity contribution < 1.29 is 0 Å². The zero-order valence-electron chi connectivity index (χ0n) is 11.0. The summed E-state index contributed by atoms with van der Waals surface area (Å²) >= 11 is 0. The Balaban J connectivity index is 2.52. The van der Waals surface area contributed by atoms with Crippen molar-refractivity contribution in [2.75, 3.05) is 33.7 Å². The smallest absolute Gasteiger partial charge is 0.0991 e. The van der Waals surface area contributed by atoms with E-state index < -0.39 is 0 Å². The average molecular weight is 231 g/mol. The van der Waals surface area contributed by atoms with Gasteiger partial charge in [-0.25, -0.2) is 0 Å². The van der Waals surface area contributed by atoms with Gasteiger partial charge in [-0.05, 0) is 38.3 Å². The van der Waals surface area contributed by atoms with Crippen molar-refractivity contribution in [3.05, 3.63) is 35.4 Å². The van der Waals surface area contributed by atoms with E-state index in [1.165, 1.54) is 5.56 Å². The minimum Gasteiger partial charge on any atom is -0.308 e. The van der Waals surface area contributed by atoms with Crippen LogP contribution in [0.3, 0.4) is 0 Å². The predicted octanol–water partition coefficient (Wildman–Crippen LogP) is 1.94. The SMILES string of the molecule is CCN(CCN(C)C)Cc1ccc(C#N)cc1. The molecule has 0 aliphatic heterocycles. The first-order valence-electron chi connectivity index (χ1n) is 6.01. The van der Waals surface area contributed by atoms with Gasteiger partial charge in [0, 0.05) is 19.6 Å². The van der Waals surface area contributed by atoms with E-state index in [4.69, 9.17) is 5.26 Å². The Morgan fingerprint density at radius 3 is 2.24 bits per heavy atom. The number of nitriles is 1. The Hall–Kier alpha value is -1.37. The maximum atomic E-state index is 8.74. The molecule has 17 heavy (non-hydrogen) atoms. The van der Waals surface area contributed by atoms with Crippen LogP contribution in [0, 0.1) is 11.3 Å². The third-order valence-corrected chi connectivity index (χ3v) is 2.80. The molecule has 1 rings (SSSR count). The van der Waals surface area contributed by atoms with Gasteiger partial charge in [-0.1, -0.05) is 19.1 Å². The summed E-state index contributed by atoms with van der Waals surface area (Å²) < 4.78 is 0. The van der Waals surface area contributed by atoms with Gasteiger partial charge in [0.1, 0.15) is 0 Å². The Bertz CT molecular complexity index is 362. The molecule has 0 fully saturated rings. The van der Waals surface area contributed by atoms with Gasteiger partial charge in [0.2, 0.25) is 0 Å². The fourth-order valence-electron chi connectivity index (χ4n) is 1.63. The lowest BCUT2D eigenvalue weighted by atomic mass is 10.1. The molecule has 1 aromatic rings. The van der Waals surface area contributed by atoms with Gasteiger partial charge in [0.25, 0.3) is 0 Å². The monoisotopic (exact) mass is 231 g/mol. The van der Waals surface area contributed by atoms with Gasteiger partial charge in [-0.3, -0.25) is 4.90 Å². The number of rotatable bonds is 6. The highest BCUT2D eigenvalue weighted by atomic mass is 15.2. The van der Waals surface area contributed by atoms with Crippen LogP contribution >= 0.6 is 0 Å². The van der Waals surface area contributed by atoms with Crippen LogP contribution in [0.4, 0.5) is 0 Å². The number of hydrogen-bond donors (Lipinski definition) is 0. The lowest BCUT2D eigenvalue weighted by Gasteiger charge is -2.22. The van der Waals surface area contributed by atoms with E-state index >= 15 is 0 Å². The van der Waals surface area contributed by atoms with Crippen LogP contribution in [0.2, 0.25) is 0 Å². The Morgan fingerprint density at radius 1 is 1.12 bits per heavy atom. The molecular weight excluding hydrogens is 210 g/mol. The lowest BCUT2D eigenvalue weighted by Crippen LogP contribution is -2.31. The largest absolute Gasteiger partial charge is 0.308 e. The van der Waals surface area contributed by atoms with Crippen molar-refractivity contribution >= 4 is 0 Å². The average Bonchev–Trinajstić information content (AvgIpc) is 2.35. The third kappa shape index (κ3) is 4.99. The van der Waals surface area contributed by atoms with E-state index in [0.717, 1.165) is 31.7 Å². The Morgan fingerprint density at radius 2 is 1.76 bits per heavy atom. The van der Waals surface area contributed by atoms with Crippen molar-refractivity contribution in [1.29, 1.82) is 5.26 Å². The summed E-state index contributed by atoms with van der Waals surface area (Å²) in [4.78, 5) is 4.60. The summed E-state index contributed by atoms with van der Waals surface area (Å²) in [5.74, 6) is 0. The van der Waals surface area contributed by atoms with Crippen molar-refractivity contribution in [2.45, 2.75) is 13.5 Å². The highest BCUT2D eigenvalue weighted by molar-refractivity contribution is 5.31. The fourth-order valence-corrected chi connectivity index (χ4v) is 1.63. The van der Waals surface area contributed by atoms with Crippen molar-refractivity contribution in [3.8, 4) is 6.07 Å². The molecule has 1 aromatic carbocycles. The Kier molecular flexibility index (Phi) is 5.68. The van der Waals surface area contributed by atoms with Crippen LogP contribution in [0.1, 0.15) is 18.1 Å². The molecule has 0 spiro atoms. The highest BCUT2D eigenvalue weighted by Crippen LogP contribution is 2.06. The summed E-state index contributed by atoms with van der Waals surface area (Å²) in [6.45, 7) is 6.33. The maximum Gasteiger partial charge on any atom is 0.0991 e. The molecule has 3 heteroatoms. The molecule has 0 unspecified atom stereocenters. The molecule has 0 aromatic heterocycles. The maximum absolute atomic E-state index is 8.74. The Labute approximate surface area is 104 Å². The number of hydrogen-bond acceptors (Lipinski definition) is 3. The minimum atomic E-state index is 0.727. The molecule has 0 radical (unpaired) electrons. The lowest BCUT2D eigenvalue weighted by molar-refractivity contribution is 0.244. The topological polar surface area (TPSA) is 30.3 Å². The van der Waals surface area contributed by atoms with Crippen LogP contribution in [0.5, 0.6) is 0 Å². The summed E-state index contributed by atoms with van der Waals surface area (Å²) in [6.07, 6.45) is 0. The van der Waals surface area contributed by atoms with Gasteiger partial charge >= 0.3 is 0 Å². The zero-order chi connectivity index (χ0) is 12.7. The molecule has 0 atom stereocenters. The van der Waals surface area contributed by atoms with Crippen LogP contribution in [0.25, 0.3) is 0 Å². The molecule has 0 saturated carbocycles. The van der Waals surface area contributed by atoms with Crippen LogP contribution in [-0.2, 0) is 6.54 Å². The van der Waals surface area contributed by atoms with Crippen molar-refractivity contribution in [2.24, 2.45) is 0 Å². The first kappa shape index (κ1) is 13.7. The molecule has 3 nitrogen and oxygen atoms in total.